The van der Waals surface area contributed by atoms with Crippen LogP contribution >= 0.6 is 0 Å². The summed E-state index contributed by atoms with van der Waals surface area (Å²) in [6.45, 7) is 5.00. The van der Waals surface area contributed by atoms with Crippen LogP contribution in [0.15, 0.2) is 34.4 Å². The summed E-state index contributed by atoms with van der Waals surface area (Å²) in [6.07, 6.45) is 13.0. The molecule has 9 heteroatoms. The molecular weight excluding hydrogens is 456 g/mol. The van der Waals surface area contributed by atoms with Crippen molar-refractivity contribution in [2.24, 2.45) is 30.0 Å². The highest BCUT2D eigenvalue weighted by molar-refractivity contribution is 5.81. The van der Waals surface area contributed by atoms with Gasteiger partial charge >= 0.3 is 5.69 Å². The van der Waals surface area contributed by atoms with Gasteiger partial charge in [0.2, 0.25) is 11.9 Å². The molecule has 3 fully saturated rings. The van der Waals surface area contributed by atoms with E-state index in [1.165, 1.54) is 0 Å². The van der Waals surface area contributed by atoms with Crippen molar-refractivity contribution in [1.29, 1.82) is 0 Å². The summed E-state index contributed by atoms with van der Waals surface area (Å²) in [5.74, 6) is 0.936. The number of carbonyl (C=O) groups is 1. The van der Waals surface area contributed by atoms with E-state index < -0.39 is 11.0 Å². The number of rotatable bonds is 5. The van der Waals surface area contributed by atoms with E-state index in [-0.39, 0.29) is 17.7 Å². The minimum absolute atomic E-state index is 0.104. The lowest BCUT2D eigenvalue weighted by Crippen LogP contribution is -2.56. The molecule has 192 valence electrons. The fourth-order valence-electron chi connectivity index (χ4n) is 7.47. The van der Waals surface area contributed by atoms with Gasteiger partial charge in [0.1, 0.15) is 5.52 Å². The van der Waals surface area contributed by atoms with Crippen molar-refractivity contribution in [1.82, 2.24) is 19.1 Å². The molecule has 5 atom stereocenters. The first-order chi connectivity index (χ1) is 17.2. The van der Waals surface area contributed by atoms with Gasteiger partial charge in [-0.15, -0.1) is 0 Å². The number of nitrogens with two attached hydrogens (primary N) is 1. The maximum atomic E-state index is 13.7. The second-order valence-corrected chi connectivity index (χ2v) is 11.5. The second kappa shape index (κ2) is 8.30. The first-order valence-electron chi connectivity index (χ1n) is 13.3. The van der Waals surface area contributed by atoms with E-state index in [4.69, 9.17) is 15.5 Å². The van der Waals surface area contributed by atoms with Crippen LogP contribution in [0.1, 0.15) is 65.2 Å². The number of carbonyl (C=O) groups excluding carboxylic acids is 1. The van der Waals surface area contributed by atoms with E-state index >= 15 is 0 Å². The number of fused-ring (bicyclic) bond motifs is 4. The fraction of sp³-hybridized carbons (Fsp3) is 0.630. The molecule has 2 saturated carbocycles. The van der Waals surface area contributed by atoms with Crippen LogP contribution in [0.5, 0.6) is 0 Å². The number of anilines is 1. The lowest BCUT2D eigenvalue weighted by atomic mass is 9.54. The van der Waals surface area contributed by atoms with Crippen molar-refractivity contribution in [3.05, 3.63) is 40.1 Å². The highest BCUT2D eigenvalue weighted by Crippen LogP contribution is 2.57. The van der Waals surface area contributed by atoms with Gasteiger partial charge in [-0.2, -0.15) is 4.98 Å². The molecule has 1 aliphatic heterocycles. The fourth-order valence-corrected chi connectivity index (χ4v) is 7.47. The van der Waals surface area contributed by atoms with E-state index in [0.29, 0.717) is 35.4 Å². The van der Waals surface area contributed by atoms with Crippen LogP contribution in [-0.2, 0) is 22.1 Å². The molecule has 2 aromatic heterocycles. The standard InChI is InChI=1S/C27H36N6O3/c1-4-17-12-26(23(28)34)7-5-8-27(13-17,15-26)33-22-20(32(3)25(33)35)14-29-24(31-22)30-19-11-18-6-9-36-21(18)10-16(19)2/h10-11,14,17-18,21H,4-9,12-13,15H2,1-3H3,(H2,28,34)(H,29,30,31). The van der Waals surface area contributed by atoms with E-state index in [9.17, 15) is 9.59 Å². The quantitative estimate of drug-likeness (QED) is 0.661. The zero-order chi connectivity index (χ0) is 25.2. The molecule has 3 aliphatic carbocycles. The number of aromatic nitrogens is 4. The maximum absolute atomic E-state index is 13.7. The average Bonchev–Trinajstić information content (AvgIpc) is 3.40. The van der Waals surface area contributed by atoms with E-state index in [2.05, 4.69) is 36.3 Å². The molecule has 0 radical (unpaired) electrons. The van der Waals surface area contributed by atoms with Gasteiger partial charge in [-0.25, -0.2) is 9.78 Å². The normalized spacial score (nSPS) is 33.7. The van der Waals surface area contributed by atoms with Gasteiger partial charge in [0.25, 0.3) is 0 Å². The number of hydrogen-bond donors (Lipinski definition) is 2. The molecule has 1 amide bonds. The van der Waals surface area contributed by atoms with Crippen LogP contribution in [-0.4, -0.2) is 37.7 Å². The van der Waals surface area contributed by atoms with Crippen molar-refractivity contribution in [3.63, 3.8) is 0 Å². The molecular formula is C27H36N6O3. The van der Waals surface area contributed by atoms with Gasteiger partial charge in [0.15, 0.2) is 5.65 Å². The summed E-state index contributed by atoms with van der Waals surface area (Å²) in [6, 6.07) is 0. The Hall–Kier alpha value is -2.94. The molecule has 6 rings (SSSR count). The minimum atomic E-state index is -0.554. The van der Waals surface area contributed by atoms with Crippen molar-refractivity contribution in [2.75, 3.05) is 11.9 Å². The Morgan fingerprint density at radius 1 is 1.31 bits per heavy atom. The second-order valence-electron chi connectivity index (χ2n) is 11.5. The summed E-state index contributed by atoms with van der Waals surface area (Å²) in [5, 5.41) is 3.41. The van der Waals surface area contributed by atoms with Crippen LogP contribution in [0.25, 0.3) is 11.2 Å². The van der Waals surface area contributed by atoms with Crippen molar-refractivity contribution < 1.29 is 9.53 Å². The number of amides is 1. The van der Waals surface area contributed by atoms with Crippen molar-refractivity contribution in [3.8, 4) is 0 Å². The average molecular weight is 493 g/mol. The molecule has 4 aliphatic rings. The third kappa shape index (κ3) is 3.46. The zero-order valence-corrected chi connectivity index (χ0v) is 21.4. The van der Waals surface area contributed by atoms with Crippen LogP contribution < -0.4 is 16.7 Å². The Labute approximate surface area is 210 Å². The predicted molar refractivity (Wildman–Crippen MR) is 137 cm³/mol. The Balaban J connectivity index is 1.44. The number of nitrogens with zero attached hydrogens (tertiary/aromatic N) is 4. The summed E-state index contributed by atoms with van der Waals surface area (Å²) >= 11 is 0. The number of primary amides is 1. The first-order valence-corrected chi connectivity index (χ1v) is 13.3. The lowest BCUT2D eigenvalue weighted by molar-refractivity contribution is -0.138. The minimum Gasteiger partial charge on any atom is -0.373 e. The Morgan fingerprint density at radius 2 is 2.14 bits per heavy atom. The highest BCUT2D eigenvalue weighted by Gasteiger charge is 2.55. The molecule has 5 unspecified atom stereocenters. The van der Waals surface area contributed by atoms with Gasteiger partial charge in [-0.3, -0.25) is 13.9 Å². The van der Waals surface area contributed by atoms with Gasteiger partial charge in [0.05, 0.1) is 23.3 Å². The smallest absolute Gasteiger partial charge is 0.330 e. The SMILES string of the molecule is CCC1CC2(C(N)=O)CCCC(n3c(=O)n(C)c4cnc(NC5=CC6CCOC6C=C5C)nc43)(C1)C2. The van der Waals surface area contributed by atoms with Crippen LogP contribution in [0.2, 0.25) is 0 Å². The highest BCUT2D eigenvalue weighted by atomic mass is 16.5. The number of hydrogen-bond acceptors (Lipinski definition) is 6. The Bertz CT molecular complexity index is 1360. The molecule has 0 spiro atoms. The molecule has 3 heterocycles. The predicted octanol–water partition coefficient (Wildman–Crippen LogP) is 3.35. The topological polar surface area (TPSA) is 117 Å². The summed E-state index contributed by atoms with van der Waals surface area (Å²) in [7, 11) is 1.77. The zero-order valence-electron chi connectivity index (χ0n) is 21.4. The van der Waals surface area contributed by atoms with E-state index in [1.807, 2.05) is 4.57 Å². The summed E-state index contributed by atoms with van der Waals surface area (Å²) in [5.41, 5.74) is 8.28. The van der Waals surface area contributed by atoms with E-state index in [0.717, 1.165) is 62.8 Å². The molecule has 0 aromatic carbocycles. The molecule has 3 N–H and O–H groups in total. The summed E-state index contributed by atoms with van der Waals surface area (Å²) in [4.78, 5) is 35.9. The van der Waals surface area contributed by atoms with Crippen LogP contribution in [0, 0.1) is 17.3 Å². The number of ether oxygens (including phenoxy) is 1. The van der Waals surface area contributed by atoms with Gasteiger partial charge in [-0.05, 0) is 56.9 Å². The van der Waals surface area contributed by atoms with Crippen molar-refractivity contribution in [2.45, 2.75) is 76.9 Å². The number of aryl methyl sites for hydroxylation is 1. The third-order valence-corrected chi connectivity index (χ3v) is 9.34. The van der Waals surface area contributed by atoms with Gasteiger partial charge in [0, 0.05) is 25.3 Å². The van der Waals surface area contributed by atoms with Crippen molar-refractivity contribution >= 4 is 23.0 Å². The van der Waals surface area contributed by atoms with Crippen LogP contribution in [0.4, 0.5) is 5.95 Å². The molecule has 2 bridgehead atoms. The monoisotopic (exact) mass is 492 g/mol. The number of allylic oxidation sites excluding steroid dienone is 1. The maximum Gasteiger partial charge on any atom is 0.330 e. The van der Waals surface area contributed by atoms with Gasteiger partial charge < -0.3 is 15.8 Å². The number of imidazole rings is 1. The third-order valence-electron chi connectivity index (χ3n) is 9.34. The number of nitrogens with one attached hydrogen (secondary N) is 1. The first kappa shape index (κ1) is 23.5. The Morgan fingerprint density at radius 3 is 2.92 bits per heavy atom. The lowest BCUT2D eigenvalue weighted by Gasteiger charge is -2.53. The molecule has 9 nitrogen and oxygen atoms in total. The summed E-state index contributed by atoms with van der Waals surface area (Å²) < 4.78 is 9.33. The molecule has 36 heavy (non-hydrogen) atoms. The Kier molecular flexibility index (Phi) is 5.41. The molecule has 1 saturated heterocycles. The van der Waals surface area contributed by atoms with Crippen LogP contribution in [0.3, 0.4) is 0 Å². The largest absolute Gasteiger partial charge is 0.373 e. The molecule has 2 aromatic rings. The van der Waals surface area contributed by atoms with Gasteiger partial charge in [-0.1, -0.05) is 31.9 Å². The van der Waals surface area contributed by atoms with E-state index in [1.54, 1.807) is 17.8 Å².